The summed E-state index contributed by atoms with van der Waals surface area (Å²) in [6, 6.07) is 1.37. The van der Waals surface area contributed by atoms with Crippen LogP contribution in [0.1, 0.15) is 11.7 Å². The number of nitrogens with zero attached hydrogens (tertiary/aromatic N) is 3. The van der Waals surface area contributed by atoms with Crippen LogP contribution < -0.4 is 10.5 Å². The lowest BCUT2D eigenvalue weighted by molar-refractivity contribution is 0.387. The number of sulfonamides is 1. The third kappa shape index (κ3) is 3.28. The molecule has 0 saturated heterocycles. The van der Waals surface area contributed by atoms with Crippen LogP contribution in [0.15, 0.2) is 26.2 Å². The van der Waals surface area contributed by atoms with Crippen molar-refractivity contribution in [2.24, 2.45) is 0 Å². The van der Waals surface area contributed by atoms with Crippen LogP contribution in [0.25, 0.3) is 0 Å². The van der Waals surface area contributed by atoms with Crippen LogP contribution in [-0.2, 0) is 16.6 Å². The fourth-order valence-electron chi connectivity index (χ4n) is 1.30. The van der Waals surface area contributed by atoms with Gasteiger partial charge in [0.25, 0.3) is 0 Å². The van der Waals surface area contributed by atoms with Gasteiger partial charge in [-0.05, 0) is 22.0 Å². The Morgan fingerprint density at radius 1 is 1.53 bits per heavy atom. The Morgan fingerprint density at radius 2 is 2.26 bits per heavy atom. The molecule has 2 rings (SSSR count). The van der Waals surface area contributed by atoms with Crippen molar-refractivity contribution in [2.75, 3.05) is 5.73 Å². The highest BCUT2D eigenvalue weighted by atomic mass is 79.9. The number of nitrogens with one attached hydrogen (secondary N) is 1. The summed E-state index contributed by atoms with van der Waals surface area (Å²) < 4.78 is 31.7. The Labute approximate surface area is 117 Å². The molecular formula is C9H10BrN5O3S. The van der Waals surface area contributed by atoms with Crippen LogP contribution in [0.5, 0.6) is 0 Å². The molecule has 0 unspecified atom stereocenters. The van der Waals surface area contributed by atoms with Crippen molar-refractivity contribution >= 4 is 31.8 Å². The molecule has 0 atom stereocenters. The highest BCUT2D eigenvalue weighted by Crippen LogP contribution is 2.20. The summed E-state index contributed by atoms with van der Waals surface area (Å²) in [7, 11) is -3.79. The molecule has 10 heteroatoms. The van der Waals surface area contributed by atoms with E-state index in [0.717, 1.165) is 0 Å². The molecule has 0 amide bonds. The fourth-order valence-corrected chi connectivity index (χ4v) is 2.86. The minimum atomic E-state index is -3.79. The van der Waals surface area contributed by atoms with E-state index in [0.29, 0.717) is 10.4 Å². The van der Waals surface area contributed by atoms with E-state index in [1.54, 1.807) is 6.92 Å². The second-order valence-electron chi connectivity index (χ2n) is 3.59. The lowest BCUT2D eigenvalue weighted by Crippen LogP contribution is -2.25. The predicted molar refractivity (Wildman–Crippen MR) is 69.4 cm³/mol. The predicted octanol–water partition coefficient (Wildman–Crippen LogP) is 0.596. The van der Waals surface area contributed by atoms with Gasteiger partial charge in [0.1, 0.15) is 10.7 Å². The van der Waals surface area contributed by atoms with Gasteiger partial charge in [-0.3, -0.25) is 0 Å². The summed E-state index contributed by atoms with van der Waals surface area (Å²) in [5.41, 5.74) is 5.55. The van der Waals surface area contributed by atoms with Crippen LogP contribution in [0.4, 0.5) is 5.82 Å². The van der Waals surface area contributed by atoms with E-state index in [1.807, 2.05) is 0 Å². The van der Waals surface area contributed by atoms with Gasteiger partial charge >= 0.3 is 0 Å². The zero-order chi connectivity index (χ0) is 14.0. The van der Waals surface area contributed by atoms with Gasteiger partial charge in [0.05, 0.1) is 6.54 Å². The number of aromatic nitrogens is 3. The molecule has 102 valence electrons. The largest absolute Gasteiger partial charge is 0.383 e. The molecular weight excluding hydrogens is 338 g/mol. The molecule has 0 radical (unpaired) electrons. The minimum Gasteiger partial charge on any atom is -0.383 e. The smallest absolute Gasteiger partial charge is 0.244 e. The minimum absolute atomic E-state index is 0.0833. The summed E-state index contributed by atoms with van der Waals surface area (Å²) in [5.74, 6) is 0.514. The molecule has 8 nitrogen and oxygen atoms in total. The van der Waals surface area contributed by atoms with E-state index in [2.05, 4.69) is 35.8 Å². The number of rotatable bonds is 4. The number of aryl methyl sites for hydroxylation is 1. The standard InChI is InChI=1S/C9H10BrN5O3S/c1-5-14-8(15-18-5)4-13-19(16,17)7-2-6(10)3-12-9(7)11/h2-3,13H,4H2,1H3,(H2,11,12). The fraction of sp³-hybridized carbons (Fsp3) is 0.222. The Bertz CT molecular complexity index is 700. The van der Waals surface area contributed by atoms with E-state index in [-0.39, 0.29) is 23.1 Å². The van der Waals surface area contributed by atoms with E-state index in [1.165, 1.54) is 12.3 Å². The molecule has 0 bridgehead atoms. The molecule has 0 aliphatic heterocycles. The van der Waals surface area contributed by atoms with Crippen molar-refractivity contribution < 1.29 is 12.9 Å². The van der Waals surface area contributed by atoms with Gasteiger partial charge in [-0.15, -0.1) is 0 Å². The molecule has 0 aliphatic rings. The zero-order valence-corrected chi connectivity index (χ0v) is 12.2. The number of nitrogens with two attached hydrogens (primary N) is 1. The first kappa shape index (κ1) is 13.9. The number of pyridine rings is 1. The van der Waals surface area contributed by atoms with Gasteiger partial charge in [-0.2, -0.15) is 4.98 Å². The monoisotopic (exact) mass is 347 g/mol. The molecule has 0 fully saturated rings. The molecule has 3 N–H and O–H groups in total. The summed E-state index contributed by atoms with van der Waals surface area (Å²) in [5, 5.41) is 3.58. The lowest BCUT2D eigenvalue weighted by Gasteiger charge is -2.07. The van der Waals surface area contributed by atoms with Crippen molar-refractivity contribution in [3.63, 3.8) is 0 Å². The topological polar surface area (TPSA) is 124 Å². The Hall–Kier alpha value is -1.52. The molecule has 2 heterocycles. The van der Waals surface area contributed by atoms with E-state index >= 15 is 0 Å². The van der Waals surface area contributed by atoms with Crippen LogP contribution in [0, 0.1) is 6.92 Å². The zero-order valence-electron chi connectivity index (χ0n) is 9.79. The Balaban J connectivity index is 2.20. The lowest BCUT2D eigenvalue weighted by atomic mass is 10.5. The number of nitrogen functional groups attached to an aromatic ring is 1. The number of hydrogen-bond acceptors (Lipinski definition) is 7. The van der Waals surface area contributed by atoms with Gasteiger partial charge < -0.3 is 10.3 Å². The highest BCUT2D eigenvalue weighted by molar-refractivity contribution is 9.10. The SMILES string of the molecule is Cc1nc(CNS(=O)(=O)c2cc(Br)cnc2N)no1. The summed E-state index contributed by atoms with van der Waals surface area (Å²) in [4.78, 5) is 7.54. The summed E-state index contributed by atoms with van der Waals surface area (Å²) in [6.07, 6.45) is 1.41. The van der Waals surface area contributed by atoms with Crippen molar-refractivity contribution in [1.29, 1.82) is 0 Å². The second-order valence-corrected chi connectivity index (χ2v) is 6.24. The van der Waals surface area contributed by atoms with Gasteiger partial charge in [-0.1, -0.05) is 5.16 Å². The van der Waals surface area contributed by atoms with Crippen LogP contribution in [-0.4, -0.2) is 23.5 Å². The molecule has 2 aromatic rings. The highest BCUT2D eigenvalue weighted by Gasteiger charge is 2.19. The Kier molecular flexibility index (Phi) is 3.83. The maximum atomic E-state index is 12.0. The van der Waals surface area contributed by atoms with Crippen molar-refractivity contribution in [3.8, 4) is 0 Å². The molecule has 0 spiro atoms. The molecule has 2 aromatic heterocycles. The number of halogens is 1. The van der Waals surface area contributed by atoms with Crippen LogP contribution in [0.2, 0.25) is 0 Å². The summed E-state index contributed by atoms with van der Waals surface area (Å²) >= 11 is 3.14. The average Bonchev–Trinajstić information content (AvgIpc) is 2.76. The first-order chi connectivity index (χ1) is 8.88. The first-order valence-electron chi connectivity index (χ1n) is 5.08. The van der Waals surface area contributed by atoms with Gasteiger partial charge in [-0.25, -0.2) is 18.1 Å². The quantitative estimate of drug-likeness (QED) is 0.829. The normalized spacial score (nSPS) is 11.7. The van der Waals surface area contributed by atoms with Gasteiger partial charge in [0.15, 0.2) is 5.82 Å². The Morgan fingerprint density at radius 3 is 2.89 bits per heavy atom. The third-order valence-corrected chi connectivity index (χ3v) is 3.99. The van der Waals surface area contributed by atoms with Gasteiger partial charge in [0.2, 0.25) is 15.9 Å². The van der Waals surface area contributed by atoms with Gasteiger partial charge in [0, 0.05) is 17.6 Å². The number of hydrogen-bond donors (Lipinski definition) is 2. The first-order valence-corrected chi connectivity index (χ1v) is 7.36. The van der Waals surface area contributed by atoms with Crippen LogP contribution in [0.3, 0.4) is 0 Å². The van der Waals surface area contributed by atoms with E-state index in [9.17, 15) is 8.42 Å². The molecule has 0 aliphatic carbocycles. The van der Waals surface area contributed by atoms with E-state index in [4.69, 9.17) is 10.3 Å². The molecule has 0 saturated carbocycles. The molecule has 19 heavy (non-hydrogen) atoms. The summed E-state index contributed by atoms with van der Waals surface area (Å²) in [6.45, 7) is 1.52. The molecule has 0 aromatic carbocycles. The maximum Gasteiger partial charge on any atom is 0.244 e. The number of anilines is 1. The van der Waals surface area contributed by atoms with Crippen molar-refractivity contribution in [1.82, 2.24) is 19.8 Å². The third-order valence-electron chi connectivity index (χ3n) is 2.13. The average molecular weight is 348 g/mol. The van der Waals surface area contributed by atoms with Crippen molar-refractivity contribution in [3.05, 3.63) is 28.5 Å². The maximum absolute atomic E-state index is 12.0. The van der Waals surface area contributed by atoms with E-state index < -0.39 is 10.0 Å². The van der Waals surface area contributed by atoms with Crippen LogP contribution >= 0.6 is 15.9 Å². The van der Waals surface area contributed by atoms with Crippen molar-refractivity contribution in [2.45, 2.75) is 18.4 Å². The second kappa shape index (κ2) is 5.23.